The van der Waals surface area contributed by atoms with Crippen LogP contribution in [0.15, 0.2) is 0 Å². The molecule has 1 heterocycles. The van der Waals surface area contributed by atoms with Gasteiger partial charge in [-0.3, -0.25) is 9.59 Å². The molecule has 0 aromatic heterocycles. The van der Waals surface area contributed by atoms with Gasteiger partial charge in [0.2, 0.25) is 5.91 Å². The van der Waals surface area contributed by atoms with Gasteiger partial charge >= 0.3 is 12.0 Å². The molecule has 1 fully saturated rings. The highest BCUT2D eigenvalue weighted by molar-refractivity contribution is 5.88. The van der Waals surface area contributed by atoms with Gasteiger partial charge in [0.05, 0.1) is 0 Å². The molecule has 0 aliphatic carbocycles. The summed E-state index contributed by atoms with van der Waals surface area (Å²) in [5.74, 6) is -1.09. The van der Waals surface area contributed by atoms with Crippen molar-refractivity contribution in [2.75, 3.05) is 19.6 Å². The molecule has 1 saturated heterocycles. The van der Waals surface area contributed by atoms with Gasteiger partial charge in [-0.2, -0.15) is 0 Å². The van der Waals surface area contributed by atoms with Crippen LogP contribution in [0.1, 0.15) is 33.1 Å². The fourth-order valence-electron chi connectivity index (χ4n) is 2.30. The summed E-state index contributed by atoms with van der Waals surface area (Å²) >= 11 is 0. The highest BCUT2D eigenvalue weighted by Gasteiger charge is 2.31. The number of piperazine rings is 1. The number of urea groups is 1. The fraction of sp³-hybridized carbons (Fsp3) is 0.769. The van der Waals surface area contributed by atoms with Gasteiger partial charge < -0.3 is 20.6 Å². The fourth-order valence-corrected chi connectivity index (χ4v) is 2.30. The molecule has 7 heteroatoms. The molecular formula is C13H23N3O4. The molecular weight excluding hydrogens is 262 g/mol. The Balaban J connectivity index is 2.52. The van der Waals surface area contributed by atoms with Crippen LogP contribution in [0.25, 0.3) is 0 Å². The molecule has 0 aromatic rings. The lowest BCUT2D eigenvalue weighted by Gasteiger charge is -2.34. The third-order valence-corrected chi connectivity index (χ3v) is 3.56. The minimum absolute atomic E-state index is 0.0362. The molecule has 0 aromatic carbocycles. The van der Waals surface area contributed by atoms with E-state index in [1.807, 2.05) is 13.8 Å². The summed E-state index contributed by atoms with van der Waals surface area (Å²) in [6.45, 7) is 5.00. The van der Waals surface area contributed by atoms with Crippen LogP contribution in [-0.2, 0) is 9.59 Å². The van der Waals surface area contributed by atoms with Gasteiger partial charge in [0.15, 0.2) is 0 Å². The van der Waals surface area contributed by atoms with E-state index < -0.39 is 12.0 Å². The molecule has 3 N–H and O–H groups in total. The third-order valence-electron chi connectivity index (χ3n) is 3.56. The second kappa shape index (κ2) is 7.72. The second-order valence-electron chi connectivity index (χ2n) is 4.97. The summed E-state index contributed by atoms with van der Waals surface area (Å²) in [6, 6.07) is -0.737. The van der Waals surface area contributed by atoms with Crippen molar-refractivity contribution in [3.05, 3.63) is 0 Å². The first-order valence-electron chi connectivity index (χ1n) is 7.03. The first kappa shape index (κ1) is 16.3. The molecule has 2 atom stereocenters. The number of carbonyl (C=O) groups excluding carboxylic acids is 2. The number of carboxylic acids is 1. The zero-order valence-corrected chi connectivity index (χ0v) is 12.0. The smallest absolute Gasteiger partial charge is 0.318 e. The van der Waals surface area contributed by atoms with Crippen molar-refractivity contribution in [1.82, 2.24) is 15.5 Å². The quantitative estimate of drug-likeness (QED) is 0.658. The van der Waals surface area contributed by atoms with E-state index in [9.17, 15) is 14.4 Å². The van der Waals surface area contributed by atoms with Gasteiger partial charge in [0.1, 0.15) is 6.04 Å². The molecule has 20 heavy (non-hydrogen) atoms. The van der Waals surface area contributed by atoms with Crippen molar-refractivity contribution in [1.29, 1.82) is 0 Å². The van der Waals surface area contributed by atoms with Crippen LogP contribution in [0.5, 0.6) is 0 Å². The molecule has 0 bridgehead atoms. The lowest BCUT2D eigenvalue weighted by molar-refractivity contribution is -0.138. The highest BCUT2D eigenvalue weighted by Crippen LogP contribution is 2.10. The van der Waals surface area contributed by atoms with E-state index in [2.05, 4.69) is 10.6 Å². The molecule has 0 spiro atoms. The van der Waals surface area contributed by atoms with E-state index in [0.29, 0.717) is 32.5 Å². The molecule has 1 aliphatic rings. The van der Waals surface area contributed by atoms with Crippen LogP contribution in [0.2, 0.25) is 0 Å². The number of hydrogen-bond donors (Lipinski definition) is 3. The van der Waals surface area contributed by atoms with Crippen LogP contribution < -0.4 is 10.6 Å². The Bertz CT molecular complexity index is 373. The zero-order valence-electron chi connectivity index (χ0n) is 12.0. The van der Waals surface area contributed by atoms with Crippen molar-refractivity contribution in [2.45, 2.75) is 39.2 Å². The largest absolute Gasteiger partial charge is 0.481 e. The van der Waals surface area contributed by atoms with E-state index in [1.165, 1.54) is 4.90 Å². The Hall–Kier alpha value is -1.79. The Morgan fingerprint density at radius 1 is 1.50 bits per heavy atom. The molecule has 1 rings (SSSR count). The Kier molecular flexibility index (Phi) is 6.27. The summed E-state index contributed by atoms with van der Waals surface area (Å²) in [5.41, 5.74) is 0. The predicted molar refractivity (Wildman–Crippen MR) is 73.2 cm³/mol. The van der Waals surface area contributed by atoms with Crippen molar-refractivity contribution < 1.29 is 19.5 Å². The highest BCUT2D eigenvalue weighted by atomic mass is 16.4. The van der Waals surface area contributed by atoms with E-state index in [-0.39, 0.29) is 24.3 Å². The van der Waals surface area contributed by atoms with Crippen LogP contribution in [0, 0.1) is 5.92 Å². The minimum atomic E-state index is -0.866. The summed E-state index contributed by atoms with van der Waals surface area (Å²) in [5, 5.41) is 14.2. The van der Waals surface area contributed by atoms with Gasteiger partial charge in [0.25, 0.3) is 0 Å². The number of aliphatic carboxylic acids is 1. The maximum Gasteiger partial charge on any atom is 0.318 e. The van der Waals surface area contributed by atoms with Crippen LogP contribution in [0.4, 0.5) is 4.79 Å². The van der Waals surface area contributed by atoms with Gasteiger partial charge in [0, 0.05) is 26.1 Å². The Morgan fingerprint density at radius 3 is 2.75 bits per heavy atom. The topological polar surface area (TPSA) is 98.7 Å². The summed E-state index contributed by atoms with van der Waals surface area (Å²) in [7, 11) is 0. The average Bonchev–Trinajstić information content (AvgIpc) is 2.42. The molecule has 0 radical (unpaired) electrons. The average molecular weight is 285 g/mol. The summed E-state index contributed by atoms with van der Waals surface area (Å²) < 4.78 is 0. The molecule has 7 nitrogen and oxygen atoms in total. The maximum atomic E-state index is 12.1. The number of carboxylic acid groups (broad SMARTS) is 1. The van der Waals surface area contributed by atoms with E-state index in [0.717, 1.165) is 0 Å². The lowest BCUT2D eigenvalue weighted by atomic mass is 10.0. The van der Waals surface area contributed by atoms with E-state index >= 15 is 0 Å². The zero-order chi connectivity index (χ0) is 15.1. The van der Waals surface area contributed by atoms with E-state index in [4.69, 9.17) is 5.11 Å². The maximum absolute atomic E-state index is 12.1. The second-order valence-corrected chi connectivity index (χ2v) is 4.97. The van der Waals surface area contributed by atoms with Gasteiger partial charge in [-0.15, -0.1) is 0 Å². The number of nitrogens with zero attached hydrogens (tertiary/aromatic N) is 1. The monoisotopic (exact) mass is 285 g/mol. The van der Waals surface area contributed by atoms with Gasteiger partial charge in [-0.05, 0) is 12.3 Å². The molecule has 2 unspecified atom stereocenters. The van der Waals surface area contributed by atoms with Crippen molar-refractivity contribution in [2.24, 2.45) is 5.92 Å². The van der Waals surface area contributed by atoms with Gasteiger partial charge in [-0.25, -0.2) is 4.79 Å². The van der Waals surface area contributed by atoms with Crippen LogP contribution in [-0.4, -0.2) is 53.6 Å². The van der Waals surface area contributed by atoms with Crippen LogP contribution in [0.3, 0.4) is 0 Å². The minimum Gasteiger partial charge on any atom is -0.481 e. The molecule has 114 valence electrons. The summed E-state index contributed by atoms with van der Waals surface area (Å²) in [4.78, 5) is 36.0. The number of nitrogens with one attached hydrogen (secondary N) is 2. The number of amides is 3. The van der Waals surface area contributed by atoms with Crippen molar-refractivity contribution in [3.63, 3.8) is 0 Å². The standard InChI is InChI=1S/C13H23N3O4/c1-3-9(7-11(17)18)8-15-13(20)16-6-5-14-12(19)10(16)4-2/h9-10H,3-8H2,1-2H3,(H,14,19)(H,15,20)(H,17,18). The first-order chi connectivity index (χ1) is 9.49. The Morgan fingerprint density at radius 2 is 2.20 bits per heavy atom. The Labute approximate surface area is 118 Å². The molecule has 3 amide bonds. The number of carbonyl (C=O) groups is 3. The predicted octanol–water partition coefficient (Wildman–Crippen LogP) is 0.407. The van der Waals surface area contributed by atoms with Crippen molar-refractivity contribution in [3.8, 4) is 0 Å². The first-order valence-corrected chi connectivity index (χ1v) is 7.03. The van der Waals surface area contributed by atoms with Crippen LogP contribution >= 0.6 is 0 Å². The SMILES string of the molecule is CCC(CNC(=O)N1CCNC(=O)C1CC)CC(=O)O. The summed E-state index contributed by atoms with van der Waals surface area (Å²) in [6.07, 6.45) is 1.28. The van der Waals surface area contributed by atoms with Gasteiger partial charge in [-0.1, -0.05) is 20.3 Å². The molecule has 0 saturated carbocycles. The number of hydrogen-bond acceptors (Lipinski definition) is 3. The normalized spacial score (nSPS) is 20.2. The van der Waals surface area contributed by atoms with Crippen molar-refractivity contribution >= 4 is 17.9 Å². The molecule has 1 aliphatic heterocycles. The number of rotatable bonds is 6. The third kappa shape index (κ3) is 4.40. The lowest BCUT2D eigenvalue weighted by Crippen LogP contribution is -2.59. The van der Waals surface area contributed by atoms with E-state index in [1.54, 1.807) is 0 Å².